The average molecular weight is 390 g/mol. The van der Waals surface area contributed by atoms with Crippen molar-refractivity contribution in [1.29, 1.82) is 5.26 Å². The normalized spacial score (nSPS) is 15.7. The molecular formula is C20H21F3N4O. The van der Waals surface area contributed by atoms with Gasteiger partial charge in [0.1, 0.15) is 24.2 Å². The van der Waals surface area contributed by atoms with E-state index in [-0.39, 0.29) is 0 Å². The van der Waals surface area contributed by atoms with E-state index in [4.69, 9.17) is 10.00 Å². The second-order valence-corrected chi connectivity index (χ2v) is 6.54. The van der Waals surface area contributed by atoms with Gasteiger partial charge in [0.05, 0.1) is 11.1 Å². The van der Waals surface area contributed by atoms with Crippen LogP contribution in [0.2, 0.25) is 0 Å². The van der Waals surface area contributed by atoms with Crippen molar-refractivity contribution in [3.05, 3.63) is 53.7 Å². The smallest absolute Gasteiger partial charge is 0.417 e. The van der Waals surface area contributed by atoms with Gasteiger partial charge in [-0.3, -0.25) is 4.90 Å². The molecule has 1 aromatic heterocycles. The first-order chi connectivity index (χ1) is 13.5. The molecule has 0 aliphatic carbocycles. The summed E-state index contributed by atoms with van der Waals surface area (Å²) in [7, 11) is 0. The zero-order valence-electron chi connectivity index (χ0n) is 15.3. The first kappa shape index (κ1) is 20.0. The summed E-state index contributed by atoms with van der Waals surface area (Å²) in [5, 5.41) is 9.09. The number of rotatable bonds is 5. The third-order valence-electron chi connectivity index (χ3n) is 4.66. The molecule has 3 rings (SSSR count). The number of nitrogens with zero attached hydrogens (tertiary/aromatic N) is 4. The van der Waals surface area contributed by atoms with Gasteiger partial charge in [0.25, 0.3) is 0 Å². The molecule has 5 nitrogen and oxygen atoms in total. The number of pyridine rings is 1. The largest absolute Gasteiger partial charge is 0.491 e. The van der Waals surface area contributed by atoms with Gasteiger partial charge in [-0.2, -0.15) is 18.4 Å². The van der Waals surface area contributed by atoms with Crippen LogP contribution in [0.5, 0.6) is 5.75 Å². The Kier molecular flexibility index (Phi) is 6.37. The second-order valence-electron chi connectivity index (χ2n) is 6.54. The summed E-state index contributed by atoms with van der Waals surface area (Å²) >= 11 is 0. The molecule has 148 valence electrons. The summed E-state index contributed by atoms with van der Waals surface area (Å²) < 4.78 is 43.8. The number of benzene rings is 1. The summed E-state index contributed by atoms with van der Waals surface area (Å²) in [5.41, 5.74) is -0.222. The molecule has 0 bridgehead atoms. The van der Waals surface area contributed by atoms with Crippen molar-refractivity contribution >= 4 is 5.82 Å². The van der Waals surface area contributed by atoms with E-state index in [2.05, 4.69) is 16.0 Å². The van der Waals surface area contributed by atoms with E-state index >= 15 is 0 Å². The Morgan fingerprint density at radius 2 is 1.89 bits per heavy atom. The SMILES string of the molecule is N#Cc1ccccc1OCCN1CCCN(c2ccc(C(F)(F)F)cn2)CC1. The zero-order valence-corrected chi connectivity index (χ0v) is 15.3. The molecule has 0 N–H and O–H groups in total. The van der Waals surface area contributed by atoms with E-state index in [1.165, 1.54) is 6.07 Å². The highest BCUT2D eigenvalue weighted by atomic mass is 19.4. The molecule has 28 heavy (non-hydrogen) atoms. The van der Waals surface area contributed by atoms with Crippen LogP contribution in [0.15, 0.2) is 42.6 Å². The summed E-state index contributed by atoms with van der Waals surface area (Å²) in [5.74, 6) is 1.14. The Morgan fingerprint density at radius 3 is 2.61 bits per heavy atom. The van der Waals surface area contributed by atoms with Crippen LogP contribution in [0.4, 0.5) is 19.0 Å². The van der Waals surface area contributed by atoms with Gasteiger partial charge in [-0.05, 0) is 30.7 Å². The molecule has 0 spiro atoms. The Bertz CT molecular complexity index is 817. The average Bonchev–Trinajstić information content (AvgIpc) is 2.93. The van der Waals surface area contributed by atoms with Crippen molar-refractivity contribution in [2.24, 2.45) is 0 Å². The number of nitriles is 1. The predicted octanol–water partition coefficient (Wildman–Crippen LogP) is 3.56. The molecule has 0 atom stereocenters. The fourth-order valence-electron chi connectivity index (χ4n) is 3.13. The number of ether oxygens (including phenoxy) is 1. The van der Waals surface area contributed by atoms with Crippen LogP contribution >= 0.6 is 0 Å². The van der Waals surface area contributed by atoms with Crippen molar-refractivity contribution in [2.45, 2.75) is 12.6 Å². The Morgan fingerprint density at radius 1 is 1.07 bits per heavy atom. The van der Waals surface area contributed by atoms with Gasteiger partial charge in [-0.25, -0.2) is 4.98 Å². The number of para-hydroxylation sites is 1. The monoisotopic (exact) mass is 390 g/mol. The number of anilines is 1. The molecule has 1 aliphatic rings. The van der Waals surface area contributed by atoms with Crippen molar-refractivity contribution in [1.82, 2.24) is 9.88 Å². The maximum absolute atomic E-state index is 12.7. The topological polar surface area (TPSA) is 52.4 Å². The molecule has 0 saturated carbocycles. The molecule has 1 aliphatic heterocycles. The molecular weight excluding hydrogens is 369 g/mol. The Hall–Kier alpha value is -2.79. The molecule has 1 aromatic carbocycles. The van der Waals surface area contributed by atoms with Crippen LogP contribution in [0, 0.1) is 11.3 Å². The summed E-state index contributed by atoms with van der Waals surface area (Å²) in [6.45, 7) is 4.26. The van der Waals surface area contributed by atoms with Crippen LogP contribution in [0.3, 0.4) is 0 Å². The van der Waals surface area contributed by atoms with E-state index < -0.39 is 11.7 Å². The molecule has 1 saturated heterocycles. The van der Waals surface area contributed by atoms with Gasteiger partial charge in [0, 0.05) is 38.9 Å². The predicted molar refractivity (Wildman–Crippen MR) is 99.2 cm³/mol. The van der Waals surface area contributed by atoms with Crippen molar-refractivity contribution in [3.63, 3.8) is 0 Å². The van der Waals surface area contributed by atoms with E-state index in [1.54, 1.807) is 18.2 Å². The number of hydrogen-bond donors (Lipinski definition) is 0. The van der Waals surface area contributed by atoms with Crippen LogP contribution in [-0.2, 0) is 6.18 Å². The fourth-order valence-corrected chi connectivity index (χ4v) is 3.13. The number of aromatic nitrogens is 1. The Labute approximate surface area is 162 Å². The van der Waals surface area contributed by atoms with E-state index in [0.29, 0.717) is 36.8 Å². The van der Waals surface area contributed by atoms with Gasteiger partial charge in [0.2, 0.25) is 0 Å². The maximum Gasteiger partial charge on any atom is 0.417 e. The van der Waals surface area contributed by atoms with Gasteiger partial charge < -0.3 is 9.64 Å². The molecule has 2 aromatic rings. The molecule has 2 heterocycles. The van der Waals surface area contributed by atoms with Crippen molar-refractivity contribution < 1.29 is 17.9 Å². The van der Waals surface area contributed by atoms with E-state index in [9.17, 15) is 13.2 Å². The third-order valence-corrected chi connectivity index (χ3v) is 4.66. The van der Waals surface area contributed by atoms with Gasteiger partial charge in [-0.1, -0.05) is 12.1 Å². The third kappa shape index (κ3) is 5.14. The standard InChI is InChI=1S/C20H21F3N4O/c21-20(22,23)17-6-7-19(25-15-17)27-9-3-8-26(10-11-27)12-13-28-18-5-2-1-4-16(18)14-24/h1-2,4-7,15H,3,8-13H2. The van der Waals surface area contributed by atoms with E-state index in [1.807, 2.05) is 11.0 Å². The van der Waals surface area contributed by atoms with Gasteiger partial charge in [-0.15, -0.1) is 0 Å². The quantitative estimate of drug-likeness (QED) is 0.781. The summed E-state index contributed by atoms with van der Waals surface area (Å²) in [6, 6.07) is 11.7. The van der Waals surface area contributed by atoms with Crippen LogP contribution < -0.4 is 9.64 Å². The van der Waals surface area contributed by atoms with Crippen LogP contribution in [-0.4, -0.2) is 49.2 Å². The summed E-state index contributed by atoms with van der Waals surface area (Å²) in [6.07, 6.45) is -2.60. The van der Waals surface area contributed by atoms with Crippen molar-refractivity contribution in [3.8, 4) is 11.8 Å². The fraction of sp³-hybridized carbons (Fsp3) is 0.400. The maximum atomic E-state index is 12.7. The minimum absolute atomic E-state index is 0.469. The van der Waals surface area contributed by atoms with Gasteiger partial charge >= 0.3 is 6.18 Å². The minimum Gasteiger partial charge on any atom is -0.491 e. The zero-order chi connectivity index (χ0) is 20.0. The Balaban J connectivity index is 1.50. The highest BCUT2D eigenvalue weighted by Gasteiger charge is 2.31. The molecule has 8 heteroatoms. The second kappa shape index (κ2) is 8.93. The highest BCUT2D eigenvalue weighted by Crippen LogP contribution is 2.29. The minimum atomic E-state index is -4.37. The number of alkyl halides is 3. The van der Waals surface area contributed by atoms with Crippen LogP contribution in [0.25, 0.3) is 0 Å². The van der Waals surface area contributed by atoms with E-state index in [0.717, 1.165) is 38.3 Å². The molecule has 0 amide bonds. The van der Waals surface area contributed by atoms with Crippen molar-refractivity contribution in [2.75, 3.05) is 44.2 Å². The molecule has 1 fully saturated rings. The highest BCUT2D eigenvalue weighted by molar-refractivity contribution is 5.42. The summed E-state index contributed by atoms with van der Waals surface area (Å²) in [4.78, 5) is 8.24. The molecule has 0 unspecified atom stereocenters. The van der Waals surface area contributed by atoms with Gasteiger partial charge in [0.15, 0.2) is 0 Å². The number of hydrogen-bond acceptors (Lipinski definition) is 5. The lowest BCUT2D eigenvalue weighted by Gasteiger charge is -2.23. The van der Waals surface area contributed by atoms with Crippen LogP contribution in [0.1, 0.15) is 17.5 Å². The lowest BCUT2D eigenvalue weighted by molar-refractivity contribution is -0.137. The first-order valence-electron chi connectivity index (χ1n) is 9.10. The lowest BCUT2D eigenvalue weighted by Crippen LogP contribution is -2.33. The number of halogens is 3. The molecule has 0 radical (unpaired) electrons. The lowest BCUT2D eigenvalue weighted by atomic mass is 10.2. The first-order valence-corrected chi connectivity index (χ1v) is 9.10.